The van der Waals surface area contributed by atoms with Gasteiger partial charge in [-0.15, -0.1) is 11.3 Å². The van der Waals surface area contributed by atoms with Gasteiger partial charge in [-0.3, -0.25) is 9.59 Å². The van der Waals surface area contributed by atoms with Gasteiger partial charge in [0, 0.05) is 25.6 Å². The fourth-order valence-electron chi connectivity index (χ4n) is 4.17. The minimum absolute atomic E-state index is 0.197. The summed E-state index contributed by atoms with van der Waals surface area (Å²) in [6.07, 6.45) is 0.492. The quantitative estimate of drug-likeness (QED) is 0.365. The molecule has 2 amide bonds. The highest BCUT2D eigenvalue weighted by atomic mass is 35.5. The lowest BCUT2D eigenvalue weighted by Gasteiger charge is -2.28. The third-order valence-electron chi connectivity index (χ3n) is 6.05. The molecule has 37 heavy (non-hydrogen) atoms. The molecule has 4 rings (SSSR count). The summed E-state index contributed by atoms with van der Waals surface area (Å²) >= 11 is 7.84. The van der Waals surface area contributed by atoms with Crippen LogP contribution in [-0.2, 0) is 9.53 Å². The molecule has 0 N–H and O–H groups in total. The Morgan fingerprint density at radius 3 is 2.59 bits per heavy atom. The van der Waals surface area contributed by atoms with Gasteiger partial charge in [-0.2, -0.15) is 5.10 Å². The van der Waals surface area contributed by atoms with Crippen molar-refractivity contribution in [3.63, 3.8) is 0 Å². The number of hydrogen-bond acceptors (Lipinski definition) is 7. The molecule has 194 valence electrons. The van der Waals surface area contributed by atoms with Crippen molar-refractivity contribution in [3.8, 4) is 11.5 Å². The van der Waals surface area contributed by atoms with Gasteiger partial charge in [0.2, 0.25) is 0 Å². The van der Waals surface area contributed by atoms with Gasteiger partial charge in [0.25, 0.3) is 11.8 Å². The molecular formula is C27H28ClN3O5S. The van der Waals surface area contributed by atoms with Gasteiger partial charge in [-0.1, -0.05) is 29.8 Å². The number of nitrogens with zero attached hydrogens (tertiary/aromatic N) is 3. The second-order valence-corrected chi connectivity index (χ2v) is 9.64. The standard InChI is InChI=1S/C27H28ClN3O5S/c1-34-13-12-30(27(33)19-7-4-5-8-21(19)28)17-26(32)31-23(16-22(29-31)25-9-6-14-37-25)20-15-18(35-2)10-11-24(20)36-3/h4-11,14-15,23H,12-13,16-17H2,1-3H3/t23-/m0/s1. The van der Waals surface area contributed by atoms with Crippen LogP contribution < -0.4 is 9.47 Å². The number of hydrogen-bond donors (Lipinski definition) is 0. The summed E-state index contributed by atoms with van der Waals surface area (Å²) < 4.78 is 16.3. The van der Waals surface area contributed by atoms with Crippen molar-refractivity contribution in [1.29, 1.82) is 0 Å². The summed E-state index contributed by atoms with van der Waals surface area (Å²) in [7, 11) is 4.72. The van der Waals surface area contributed by atoms with Crippen molar-refractivity contribution in [3.05, 3.63) is 81.0 Å². The van der Waals surface area contributed by atoms with Gasteiger partial charge in [-0.25, -0.2) is 5.01 Å². The van der Waals surface area contributed by atoms with Crippen LogP contribution in [0.2, 0.25) is 5.02 Å². The Morgan fingerprint density at radius 1 is 1.11 bits per heavy atom. The zero-order chi connectivity index (χ0) is 26.4. The van der Waals surface area contributed by atoms with Crippen LogP contribution in [0.3, 0.4) is 0 Å². The molecule has 10 heteroatoms. The Hall–Kier alpha value is -3.40. The molecule has 0 unspecified atom stereocenters. The van der Waals surface area contributed by atoms with Crippen molar-refractivity contribution >= 4 is 40.5 Å². The van der Waals surface area contributed by atoms with Crippen molar-refractivity contribution in [1.82, 2.24) is 9.91 Å². The van der Waals surface area contributed by atoms with Gasteiger partial charge >= 0.3 is 0 Å². The first-order chi connectivity index (χ1) is 18.0. The number of carbonyl (C=O) groups is 2. The van der Waals surface area contributed by atoms with Crippen LogP contribution in [0.5, 0.6) is 11.5 Å². The van der Waals surface area contributed by atoms with Crippen molar-refractivity contribution in [2.75, 3.05) is 41.0 Å². The summed E-state index contributed by atoms with van der Waals surface area (Å²) in [5, 5.41) is 8.46. The molecule has 2 aromatic carbocycles. The van der Waals surface area contributed by atoms with E-state index in [1.807, 2.05) is 29.6 Å². The highest BCUT2D eigenvalue weighted by molar-refractivity contribution is 7.12. The first kappa shape index (κ1) is 26.7. The summed E-state index contributed by atoms with van der Waals surface area (Å²) in [6.45, 7) is 0.284. The van der Waals surface area contributed by atoms with Gasteiger partial charge in [-0.05, 0) is 41.8 Å². The number of carbonyl (C=O) groups excluding carboxylic acids is 2. The zero-order valence-electron chi connectivity index (χ0n) is 20.8. The lowest BCUT2D eigenvalue weighted by Crippen LogP contribution is -2.43. The molecule has 3 aromatic rings. The summed E-state index contributed by atoms with van der Waals surface area (Å²) in [5.41, 5.74) is 1.88. The van der Waals surface area contributed by atoms with E-state index in [9.17, 15) is 9.59 Å². The molecule has 1 aliphatic rings. The second kappa shape index (κ2) is 12.2. The van der Waals surface area contributed by atoms with Crippen LogP contribution in [-0.4, -0.2) is 68.5 Å². The number of rotatable bonds is 10. The minimum Gasteiger partial charge on any atom is -0.497 e. The average Bonchev–Trinajstić information content (AvgIpc) is 3.61. The van der Waals surface area contributed by atoms with E-state index in [1.165, 1.54) is 9.91 Å². The van der Waals surface area contributed by atoms with Crippen molar-refractivity contribution in [2.24, 2.45) is 5.10 Å². The number of ether oxygens (including phenoxy) is 3. The number of amides is 2. The third-order valence-corrected chi connectivity index (χ3v) is 7.30. The van der Waals surface area contributed by atoms with Crippen molar-refractivity contribution < 1.29 is 23.8 Å². The molecule has 0 saturated carbocycles. The van der Waals surface area contributed by atoms with Crippen molar-refractivity contribution in [2.45, 2.75) is 12.5 Å². The van der Waals surface area contributed by atoms with Crippen LogP contribution in [0.1, 0.15) is 33.3 Å². The number of hydrazone groups is 1. The van der Waals surface area contributed by atoms with E-state index < -0.39 is 6.04 Å². The van der Waals surface area contributed by atoms with E-state index in [1.54, 1.807) is 63.0 Å². The van der Waals surface area contributed by atoms with E-state index in [-0.39, 0.29) is 31.5 Å². The van der Waals surface area contributed by atoms with Gasteiger partial charge < -0.3 is 19.1 Å². The highest BCUT2D eigenvalue weighted by Crippen LogP contribution is 2.40. The highest BCUT2D eigenvalue weighted by Gasteiger charge is 2.36. The van der Waals surface area contributed by atoms with E-state index >= 15 is 0 Å². The molecule has 8 nitrogen and oxygen atoms in total. The maximum Gasteiger partial charge on any atom is 0.262 e. The molecule has 0 radical (unpaired) electrons. The average molecular weight is 542 g/mol. The van der Waals surface area contributed by atoms with Gasteiger partial charge in [0.05, 0.1) is 48.0 Å². The Labute approximate surface area is 225 Å². The zero-order valence-corrected chi connectivity index (χ0v) is 22.4. The van der Waals surface area contributed by atoms with E-state index in [4.69, 9.17) is 30.9 Å². The first-order valence-electron chi connectivity index (χ1n) is 11.6. The third kappa shape index (κ3) is 5.95. The molecular weight excluding hydrogens is 514 g/mol. The normalized spacial score (nSPS) is 14.9. The van der Waals surface area contributed by atoms with Crippen LogP contribution in [0.15, 0.2) is 65.1 Å². The molecule has 2 heterocycles. The predicted octanol–water partition coefficient (Wildman–Crippen LogP) is 4.89. The summed E-state index contributed by atoms with van der Waals surface area (Å²) in [6, 6.07) is 15.7. The maximum atomic E-state index is 13.8. The smallest absolute Gasteiger partial charge is 0.262 e. The molecule has 1 atom stereocenters. The Balaban J connectivity index is 1.68. The molecule has 0 aliphatic carbocycles. The molecule has 0 fully saturated rings. The maximum absolute atomic E-state index is 13.8. The first-order valence-corrected chi connectivity index (χ1v) is 12.9. The fraction of sp³-hybridized carbons (Fsp3) is 0.296. The predicted molar refractivity (Wildman–Crippen MR) is 144 cm³/mol. The topological polar surface area (TPSA) is 80.7 Å². The van der Waals surface area contributed by atoms with Crippen LogP contribution in [0.4, 0.5) is 0 Å². The fourth-order valence-corrected chi connectivity index (χ4v) is 5.11. The van der Waals surface area contributed by atoms with Gasteiger partial charge in [0.15, 0.2) is 0 Å². The minimum atomic E-state index is -0.436. The molecule has 1 aliphatic heterocycles. The Kier molecular flexibility index (Phi) is 8.81. The SMILES string of the molecule is COCCN(CC(=O)N1N=C(c2cccs2)C[C@H]1c1cc(OC)ccc1OC)C(=O)c1ccccc1Cl. The Morgan fingerprint density at radius 2 is 1.92 bits per heavy atom. The monoisotopic (exact) mass is 541 g/mol. The van der Waals surface area contributed by atoms with Gasteiger partial charge in [0.1, 0.15) is 18.0 Å². The number of thiophene rings is 1. The van der Waals surface area contributed by atoms with Crippen LogP contribution in [0.25, 0.3) is 0 Å². The summed E-state index contributed by atoms with van der Waals surface area (Å²) in [5.74, 6) is 0.573. The molecule has 0 bridgehead atoms. The second-order valence-electron chi connectivity index (χ2n) is 8.29. The number of methoxy groups -OCH3 is 3. The molecule has 0 spiro atoms. The largest absolute Gasteiger partial charge is 0.497 e. The van der Waals surface area contributed by atoms with Crippen LogP contribution in [0, 0.1) is 0 Å². The molecule has 1 aromatic heterocycles. The van der Waals surface area contributed by atoms with E-state index in [2.05, 4.69) is 0 Å². The lowest BCUT2D eigenvalue weighted by molar-refractivity contribution is -0.133. The van der Waals surface area contributed by atoms with E-state index in [0.717, 1.165) is 16.2 Å². The van der Waals surface area contributed by atoms with E-state index in [0.29, 0.717) is 28.5 Å². The lowest BCUT2D eigenvalue weighted by atomic mass is 9.99. The van der Waals surface area contributed by atoms with Crippen LogP contribution >= 0.6 is 22.9 Å². The summed E-state index contributed by atoms with van der Waals surface area (Å²) in [4.78, 5) is 29.5. The molecule has 0 saturated heterocycles. The Bertz CT molecular complexity index is 1280. The number of halogens is 1. The number of benzene rings is 2.